The van der Waals surface area contributed by atoms with Crippen LogP contribution in [0.1, 0.15) is 50.8 Å². The van der Waals surface area contributed by atoms with E-state index in [9.17, 15) is 0 Å². The molecule has 1 unspecified atom stereocenters. The highest BCUT2D eigenvalue weighted by molar-refractivity contribution is 9.10. The van der Waals surface area contributed by atoms with Crippen LogP contribution < -0.4 is 5.32 Å². The van der Waals surface area contributed by atoms with Crippen LogP contribution in [0.3, 0.4) is 0 Å². The second kappa shape index (κ2) is 7.75. The highest BCUT2D eigenvalue weighted by Crippen LogP contribution is 2.28. The van der Waals surface area contributed by atoms with E-state index in [2.05, 4.69) is 52.4 Å². The standard InChI is InChI=1S/C17H23BrN2/c1-3-4-5-6-11-16(19-2)17-14(18)12-13-9-7-8-10-15(13)20-17/h7-10,12,16,19H,3-6,11H2,1-2H3. The molecule has 0 aliphatic rings. The van der Waals surface area contributed by atoms with Crippen LogP contribution in [0, 0.1) is 0 Å². The molecule has 0 aliphatic heterocycles. The molecule has 1 atom stereocenters. The van der Waals surface area contributed by atoms with E-state index in [1.165, 1.54) is 31.1 Å². The quantitative estimate of drug-likeness (QED) is 0.701. The number of nitrogens with one attached hydrogen (secondary N) is 1. The highest BCUT2D eigenvalue weighted by Gasteiger charge is 2.15. The Morgan fingerprint density at radius 2 is 2.00 bits per heavy atom. The highest BCUT2D eigenvalue weighted by atomic mass is 79.9. The topological polar surface area (TPSA) is 24.9 Å². The van der Waals surface area contributed by atoms with E-state index in [1.54, 1.807) is 0 Å². The van der Waals surface area contributed by atoms with Crippen LogP contribution in [0.5, 0.6) is 0 Å². The number of benzene rings is 1. The van der Waals surface area contributed by atoms with Crippen molar-refractivity contribution in [2.24, 2.45) is 0 Å². The van der Waals surface area contributed by atoms with Gasteiger partial charge in [-0.1, -0.05) is 50.8 Å². The van der Waals surface area contributed by atoms with Crippen LogP contribution >= 0.6 is 15.9 Å². The number of hydrogen-bond acceptors (Lipinski definition) is 2. The van der Waals surface area contributed by atoms with Crippen molar-refractivity contribution in [2.45, 2.75) is 45.1 Å². The molecule has 0 fully saturated rings. The molecule has 1 aromatic carbocycles. The van der Waals surface area contributed by atoms with Gasteiger partial charge in [-0.15, -0.1) is 0 Å². The Hall–Kier alpha value is -0.930. The van der Waals surface area contributed by atoms with Gasteiger partial charge >= 0.3 is 0 Å². The van der Waals surface area contributed by atoms with Gasteiger partial charge in [-0.3, -0.25) is 0 Å². The largest absolute Gasteiger partial charge is 0.312 e. The molecule has 0 saturated heterocycles. The summed E-state index contributed by atoms with van der Waals surface area (Å²) >= 11 is 3.68. The average Bonchev–Trinajstić information content (AvgIpc) is 2.47. The van der Waals surface area contributed by atoms with E-state index in [0.29, 0.717) is 6.04 Å². The van der Waals surface area contributed by atoms with Gasteiger partial charge < -0.3 is 5.32 Å². The zero-order valence-corrected chi connectivity index (χ0v) is 13.9. The van der Waals surface area contributed by atoms with Gasteiger partial charge in [0.2, 0.25) is 0 Å². The average molecular weight is 335 g/mol. The Morgan fingerprint density at radius 1 is 1.20 bits per heavy atom. The number of unbranched alkanes of at least 4 members (excludes halogenated alkanes) is 3. The van der Waals surface area contributed by atoms with E-state index in [-0.39, 0.29) is 0 Å². The van der Waals surface area contributed by atoms with Crippen LogP contribution in [0.4, 0.5) is 0 Å². The molecule has 0 amide bonds. The molecule has 2 rings (SSSR count). The summed E-state index contributed by atoms with van der Waals surface area (Å²) in [5.74, 6) is 0. The summed E-state index contributed by atoms with van der Waals surface area (Å²) in [6, 6.07) is 10.8. The van der Waals surface area contributed by atoms with Crippen molar-refractivity contribution in [3.63, 3.8) is 0 Å². The minimum absolute atomic E-state index is 0.325. The summed E-state index contributed by atoms with van der Waals surface area (Å²) in [6.07, 6.45) is 6.30. The van der Waals surface area contributed by atoms with Gasteiger partial charge in [0, 0.05) is 9.86 Å². The summed E-state index contributed by atoms with van der Waals surface area (Å²) in [5.41, 5.74) is 2.20. The third kappa shape index (κ3) is 3.80. The molecule has 1 aromatic heterocycles. The monoisotopic (exact) mass is 334 g/mol. The van der Waals surface area contributed by atoms with Gasteiger partial charge in [-0.2, -0.15) is 0 Å². The SMILES string of the molecule is CCCCCCC(NC)c1nc2ccccc2cc1Br. The summed E-state index contributed by atoms with van der Waals surface area (Å²) < 4.78 is 1.10. The van der Waals surface area contributed by atoms with Crippen molar-refractivity contribution >= 4 is 26.8 Å². The molecule has 1 N–H and O–H groups in total. The molecule has 0 bridgehead atoms. The lowest BCUT2D eigenvalue weighted by molar-refractivity contribution is 0.495. The van der Waals surface area contributed by atoms with Crippen molar-refractivity contribution < 1.29 is 0 Å². The van der Waals surface area contributed by atoms with Crippen molar-refractivity contribution in [3.05, 3.63) is 40.5 Å². The molecule has 108 valence electrons. The first-order valence-electron chi connectivity index (χ1n) is 7.48. The maximum atomic E-state index is 4.84. The Bertz CT molecular complexity index is 554. The predicted molar refractivity (Wildman–Crippen MR) is 90.0 cm³/mol. The smallest absolute Gasteiger partial charge is 0.0722 e. The van der Waals surface area contributed by atoms with E-state index in [4.69, 9.17) is 4.98 Å². The van der Waals surface area contributed by atoms with E-state index in [1.807, 2.05) is 13.1 Å². The number of para-hydroxylation sites is 1. The minimum Gasteiger partial charge on any atom is -0.312 e. The first-order valence-corrected chi connectivity index (χ1v) is 8.28. The number of fused-ring (bicyclic) bond motifs is 1. The molecular formula is C17H23BrN2. The molecule has 2 aromatic rings. The van der Waals surface area contributed by atoms with Crippen molar-refractivity contribution in [1.82, 2.24) is 10.3 Å². The third-order valence-corrected chi connectivity index (χ3v) is 4.36. The third-order valence-electron chi connectivity index (χ3n) is 3.73. The van der Waals surface area contributed by atoms with Crippen LogP contribution in [0.15, 0.2) is 34.8 Å². The van der Waals surface area contributed by atoms with Crippen molar-refractivity contribution in [2.75, 3.05) is 7.05 Å². The van der Waals surface area contributed by atoms with Gasteiger partial charge in [0.25, 0.3) is 0 Å². The fourth-order valence-electron chi connectivity index (χ4n) is 2.54. The number of pyridine rings is 1. The van der Waals surface area contributed by atoms with Crippen molar-refractivity contribution in [3.8, 4) is 0 Å². The lowest BCUT2D eigenvalue weighted by Gasteiger charge is -2.17. The number of hydrogen-bond donors (Lipinski definition) is 1. The number of nitrogens with zero attached hydrogens (tertiary/aromatic N) is 1. The molecule has 3 heteroatoms. The lowest BCUT2D eigenvalue weighted by atomic mass is 10.0. The summed E-state index contributed by atoms with van der Waals surface area (Å²) in [5, 5.41) is 4.59. The Labute approximate surface area is 130 Å². The van der Waals surface area contributed by atoms with Gasteiger partial charge in [0.1, 0.15) is 0 Å². The van der Waals surface area contributed by atoms with E-state index in [0.717, 1.165) is 22.1 Å². The second-order valence-electron chi connectivity index (χ2n) is 5.24. The molecule has 1 heterocycles. The van der Waals surface area contributed by atoms with Crippen LogP contribution in [0.25, 0.3) is 10.9 Å². The number of aromatic nitrogens is 1. The van der Waals surface area contributed by atoms with Crippen LogP contribution in [0.2, 0.25) is 0 Å². The van der Waals surface area contributed by atoms with E-state index < -0.39 is 0 Å². The molecule has 20 heavy (non-hydrogen) atoms. The number of halogens is 1. The Kier molecular flexibility index (Phi) is 5.99. The van der Waals surface area contributed by atoms with E-state index >= 15 is 0 Å². The summed E-state index contributed by atoms with van der Waals surface area (Å²) in [6.45, 7) is 2.25. The minimum atomic E-state index is 0.325. The van der Waals surface area contributed by atoms with Crippen molar-refractivity contribution in [1.29, 1.82) is 0 Å². The number of rotatable bonds is 7. The summed E-state index contributed by atoms with van der Waals surface area (Å²) in [4.78, 5) is 4.84. The summed E-state index contributed by atoms with van der Waals surface area (Å²) in [7, 11) is 2.02. The zero-order valence-electron chi connectivity index (χ0n) is 12.3. The maximum absolute atomic E-state index is 4.84. The van der Waals surface area contributed by atoms with Crippen LogP contribution in [-0.4, -0.2) is 12.0 Å². The Balaban J connectivity index is 2.18. The molecular weight excluding hydrogens is 312 g/mol. The molecule has 2 nitrogen and oxygen atoms in total. The fourth-order valence-corrected chi connectivity index (χ4v) is 3.15. The molecule has 0 aliphatic carbocycles. The molecule has 0 saturated carbocycles. The first kappa shape index (κ1) is 15.5. The lowest BCUT2D eigenvalue weighted by Crippen LogP contribution is -2.18. The normalized spacial score (nSPS) is 12.8. The van der Waals surface area contributed by atoms with Gasteiger partial charge in [-0.25, -0.2) is 4.98 Å². The van der Waals surface area contributed by atoms with Crippen LogP contribution in [-0.2, 0) is 0 Å². The van der Waals surface area contributed by atoms with Gasteiger partial charge in [0.05, 0.1) is 17.3 Å². The predicted octanol–water partition coefficient (Wildman–Crippen LogP) is 5.23. The second-order valence-corrected chi connectivity index (χ2v) is 6.09. The van der Waals surface area contributed by atoms with Gasteiger partial charge in [0.15, 0.2) is 0 Å². The zero-order chi connectivity index (χ0) is 14.4. The van der Waals surface area contributed by atoms with Gasteiger partial charge in [-0.05, 0) is 41.5 Å². The molecule has 0 spiro atoms. The molecule has 0 radical (unpaired) electrons. The first-order chi connectivity index (χ1) is 9.76. The fraction of sp³-hybridized carbons (Fsp3) is 0.471. The maximum Gasteiger partial charge on any atom is 0.0722 e. The Morgan fingerprint density at radius 3 is 2.75 bits per heavy atom.